The molecule has 0 fully saturated rings. The van der Waals surface area contributed by atoms with Gasteiger partial charge in [-0.25, -0.2) is 4.68 Å². The monoisotopic (exact) mass is 267 g/mol. The summed E-state index contributed by atoms with van der Waals surface area (Å²) in [5.74, 6) is 0.658. The zero-order valence-corrected chi connectivity index (χ0v) is 11.2. The molecule has 100 valence electrons. The third kappa shape index (κ3) is 2.49. The topological polar surface area (TPSA) is 65.7 Å². The number of rotatable bonds is 3. The van der Waals surface area contributed by atoms with E-state index in [4.69, 9.17) is 4.74 Å². The zero-order valence-electron chi connectivity index (χ0n) is 11.2. The van der Waals surface area contributed by atoms with E-state index >= 15 is 0 Å². The van der Waals surface area contributed by atoms with Gasteiger partial charge in [-0.1, -0.05) is 5.10 Å². The average Bonchev–Trinajstić information content (AvgIpc) is 2.98. The van der Waals surface area contributed by atoms with E-state index < -0.39 is 0 Å². The van der Waals surface area contributed by atoms with Crippen LogP contribution in [0.5, 0.6) is 11.8 Å². The molecule has 0 spiro atoms. The summed E-state index contributed by atoms with van der Waals surface area (Å²) in [5, 5.41) is 12.0. The predicted octanol–water partition coefficient (Wildman–Crippen LogP) is 2.47. The fourth-order valence-corrected chi connectivity index (χ4v) is 1.67. The molecule has 3 aromatic rings. The van der Waals surface area contributed by atoms with E-state index in [-0.39, 0.29) is 6.01 Å². The van der Waals surface area contributed by atoms with Crippen LogP contribution in [0.1, 0.15) is 11.4 Å². The minimum Gasteiger partial charge on any atom is -0.423 e. The molecule has 6 heteroatoms. The molecule has 0 amide bonds. The van der Waals surface area contributed by atoms with Crippen LogP contribution in [0.3, 0.4) is 0 Å². The first-order chi connectivity index (χ1) is 9.72. The smallest absolute Gasteiger partial charge is 0.341 e. The summed E-state index contributed by atoms with van der Waals surface area (Å²) >= 11 is 0. The molecule has 0 bridgehead atoms. The Kier molecular flexibility index (Phi) is 3.12. The molecule has 0 aliphatic rings. The Morgan fingerprint density at radius 1 is 1.00 bits per heavy atom. The normalized spacial score (nSPS) is 10.5. The van der Waals surface area contributed by atoms with Gasteiger partial charge < -0.3 is 4.74 Å². The van der Waals surface area contributed by atoms with E-state index in [1.165, 1.54) is 0 Å². The van der Waals surface area contributed by atoms with Crippen LogP contribution in [-0.4, -0.2) is 25.0 Å². The van der Waals surface area contributed by atoms with Crippen LogP contribution in [0.4, 0.5) is 0 Å². The van der Waals surface area contributed by atoms with E-state index in [1.54, 1.807) is 10.9 Å². The minimum absolute atomic E-state index is 0.250. The molecule has 1 aromatic carbocycles. The largest absolute Gasteiger partial charge is 0.423 e. The van der Waals surface area contributed by atoms with Gasteiger partial charge in [0.05, 0.1) is 17.1 Å². The number of benzene rings is 1. The van der Waals surface area contributed by atoms with Crippen LogP contribution in [0.25, 0.3) is 5.69 Å². The highest BCUT2D eigenvalue weighted by molar-refractivity contribution is 5.37. The number of hydrogen-bond acceptors (Lipinski definition) is 5. The van der Waals surface area contributed by atoms with Crippen LogP contribution in [0, 0.1) is 13.8 Å². The first-order valence-electron chi connectivity index (χ1n) is 6.18. The lowest BCUT2D eigenvalue weighted by Gasteiger charge is -2.06. The van der Waals surface area contributed by atoms with Crippen molar-refractivity contribution in [2.75, 3.05) is 0 Å². The van der Waals surface area contributed by atoms with Crippen LogP contribution in [-0.2, 0) is 0 Å². The Labute approximate surface area is 116 Å². The number of nitrogens with zero attached hydrogens (tertiary/aromatic N) is 5. The molecular weight excluding hydrogens is 254 g/mol. The Bertz CT molecular complexity index is 707. The highest BCUT2D eigenvalue weighted by Crippen LogP contribution is 2.19. The van der Waals surface area contributed by atoms with Gasteiger partial charge in [-0.2, -0.15) is 10.1 Å². The SMILES string of the molecule is Cc1nnc(Oc2ccc(-n3cccn3)cc2)nc1C. The lowest BCUT2D eigenvalue weighted by Crippen LogP contribution is -1.99. The van der Waals surface area contributed by atoms with Gasteiger partial charge in [0, 0.05) is 12.4 Å². The second-order valence-electron chi connectivity index (χ2n) is 4.31. The van der Waals surface area contributed by atoms with Gasteiger partial charge in [-0.15, -0.1) is 5.10 Å². The highest BCUT2D eigenvalue weighted by atomic mass is 16.5. The second-order valence-corrected chi connectivity index (χ2v) is 4.31. The molecule has 2 aromatic heterocycles. The van der Waals surface area contributed by atoms with Crippen molar-refractivity contribution in [1.29, 1.82) is 0 Å². The van der Waals surface area contributed by atoms with E-state index in [2.05, 4.69) is 20.3 Å². The molecule has 0 atom stereocenters. The van der Waals surface area contributed by atoms with Crippen LogP contribution >= 0.6 is 0 Å². The van der Waals surface area contributed by atoms with Crippen molar-refractivity contribution in [3.63, 3.8) is 0 Å². The van der Waals surface area contributed by atoms with Crippen molar-refractivity contribution in [3.8, 4) is 17.4 Å². The Hall–Kier alpha value is -2.76. The Balaban J connectivity index is 1.79. The summed E-state index contributed by atoms with van der Waals surface area (Å²) in [5.41, 5.74) is 2.57. The summed E-state index contributed by atoms with van der Waals surface area (Å²) < 4.78 is 7.35. The standard InChI is InChI=1S/C14H13N5O/c1-10-11(2)17-18-14(16-10)20-13-6-4-12(5-7-13)19-9-3-8-15-19/h3-9H,1-2H3. The van der Waals surface area contributed by atoms with Gasteiger partial charge in [0.15, 0.2) is 0 Å². The molecule has 0 saturated heterocycles. The summed E-state index contributed by atoms with van der Waals surface area (Å²) in [6.45, 7) is 3.73. The summed E-state index contributed by atoms with van der Waals surface area (Å²) in [6, 6.07) is 9.64. The fraction of sp³-hybridized carbons (Fsp3) is 0.143. The van der Waals surface area contributed by atoms with Crippen molar-refractivity contribution >= 4 is 0 Å². The molecular formula is C14H13N5O. The maximum Gasteiger partial charge on any atom is 0.341 e. The summed E-state index contributed by atoms with van der Waals surface area (Å²) in [7, 11) is 0. The zero-order chi connectivity index (χ0) is 13.9. The van der Waals surface area contributed by atoms with Crippen LogP contribution < -0.4 is 4.74 Å². The first-order valence-corrected chi connectivity index (χ1v) is 6.18. The van der Waals surface area contributed by atoms with Crippen LogP contribution in [0.15, 0.2) is 42.7 Å². The van der Waals surface area contributed by atoms with E-state index in [9.17, 15) is 0 Å². The van der Waals surface area contributed by atoms with Gasteiger partial charge >= 0.3 is 6.01 Å². The molecule has 0 saturated carbocycles. The Morgan fingerprint density at radius 3 is 2.45 bits per heavy atom. The highest BCUT2D eigenvalue weighted by Gasteiger charge is 2.04. The van der Waals surface area contributed by atoms with Crippen molar-refractivity contribution in [1.82, 2.24) is 25.0 Å². The maximum atomic E-state index is 5.57. The van der Waals surface area contributed by atoms with Gasteiger partial charge in [0.1, 0.15) is 5.75 Å². The molecule has 6 nitrogen and oxygen atoms in total. The lowest BCUT2D eigenvalue weighted by atomic mass is 10.3. The Morgan fingerprint density at radius 2 is 1.80 bits per heavy atom. The third-order valence-corrected chi connectivity index (χ3v) is 2.89. The van der Waals surface area contributed by atoms with Crippen molar-refractivity contribution in [2.45, 2.75) is 13.8 Å². The molecule has 0 radical (unpaired) electrons. The van der Waals surface area contributed by atoms with E-state index in [0.29, 0.717) is 5.75 Å². The molecule has 0 aliphatic heterocycles. The van der Waals surface area contributed by atoms with Crippen LogP contribution in [0.2, 0.25) is 0 Å². The number of ether oxygens (including phenoxy) is 1. The van der Waals surface area contributed by atoms with Gasteiger partial charge in [-0.05, 0) is 44.2 Å². The molecule has 20 heavy (non-hydrogen) atoms. The third-order valence-electron chi connectivity index (χ3n) is 2.89. The number of aromatic nitrogens is 5. The van der Waals surface area contributed by atoms with Crippen molar-refractivity contribution in [2.24, 2.45) is 0 Å². The molecule has 3 rings (SSSR count). The lowest BCUT2D eigenvalue weighted by molar-refractivity contribution is 0.430. The molecule has 0 aliphatic carbocycles. The average molecular weight is 267 g/mol. The second kappa shape index (κ2) is 5.08. The molecule has 2 heterocycles. The quantitative estimate of drug-likeness (QED) is 0.729. The summed E-state index contributed by atoms with van der Waals surface area (Å²) in [4.78, 5) is 4.23. The van der Waals surface area contributed by atoms with Gasteiger partial charge in [0.25, 0.3) is 0 Å². The van der Waals surface area contributed by atoms with Crippen molar-refractivity contribution < 1.29 is 4.74 Å². The number of hydrogen-bond donors (Lipinski definition) is 0. The molecule has 0 unspecified atom stereocenters. The summed E-state index contributed by atoms with van der Waals surface area (Å²) in [6.07, 6.45) is 3.62. The van der Waals surface area contributed by atoms with Gasteiger partial charge in [0.2, 0.25) is 0 Å². The van der Waals surface area contributed by atoms with Crippen molar-refractivity contribution in [3.05, 3.63) is 54.1 Å². The molecule has 0 N–H and O–H groups in total. The number of aryl methyl sites for hydroxylation is 2. The van der Waals surface area contributed by atoms with Gasteiger partial charge in [-0.3, -0.25) is 0 Å². The fourth-order valence-electron chi connectivity index (χ4n) is 1.67. The predicted molar refractivity (Wildman–Crippen MR) is 72.9 cm³/mol. The maximum absolute atomic E-state index is 5.57. The van der Waals surface area contributed by atoms with E-state index in [1.807, 2.05) is 50.4 Å². The first kappa shape index (κ1) is 12.3. The minimum atomic E-state index is 0.250. The van der Waals surface area contributed by atoms with E-state index in [0.717, 1.165) is 17.1 Å².